The second-order valence-corrected chi connectivity index (χ2v) is 7.51. The van der Waals surface area contributed by atoms with E-state index in [-0.39, 0.29) is 5.95 Å². The predicted octanol–water partition coefficient (Wildman–Crippen LogP) is 5.54. The first-order chi connectivity index (χ1) is 16.0. The SMILES string of the molecule is Cc1cc(-c2ccc(Nc3ncc4c(n3)N(c3cc(F)cc(F)c3)CCO4)cc2F)ccn1. The van der Waals surface area contributed by atoms with Gasteiger partial charge in [-0.15, -0.1) is 0 Å². The van der Waals surface area contributed by atoms with Gasteiger partial charge in [-0.3, -0.25) is 4.98 Å². The zero-order chi connectivity index (χ0) is 22.9. The fourth-order valence-corrected chi connectivity index (χ4v) is 3.69. The lowest BCUT2D eigenvalue weighted by Crippen LogP contribution is -2.30. The molecule has 0 aliphatic carbocycles. The van der Waals surface area contributed by atoms with Crippen LogP contribution in [0.1, 0.15) is 5.69 Å². The molecule has 2 aromatic heterocycles. The number of anilines is 4. The van der Waals surface area contributed by atoms with Crippen LogP contribution in [0.5, 0.6) is 5.75 Å². The minimum Gasteiger partial charge on any atom is -0.486 e. The van der Waals surface area contributed by atoms with E-state index in [0.717, 1.165) is 17.3 Å². The molecule has 0 fully saturated rings. The molecule has 1 N–H and O–H groups in total. The van der Waals surface area contributed by atoms with Gasteiger partial charge in [0.1, 0.15) is 24.1 Å². The van der Waals surface area contributed by atoms with Crippen LogP contribution in [-0.4, -0.2) is 28.1 Å². The van der Waals surface area contributed by atoms with Crippen LogP contribution in [0.25, 0.3) is 11.1 Å². The molecule has 0 amide bonds. The maximum absolute atomic E-state index is 14.8. The van der Waals surface area contributed by atoms with Crippen LogP contribution >= 0.6 is 0 Å². The molecule has 0 spiro atoms. The van der Waals surface area contributed by atoms with E-state index in [1.807, 2.05) is 13.0 Å². The molecule has 6 nitrogen and oxygen atoms in total. The number of rotatable bonds is 4. The van der Waals surface area contributed by atoms with E-state index in [2.05, 4.69) is 20.3 Å². The van der Waals surface area contributed by atoms with Gasteiger partial charge in [-0.2, -0.15) is 4.98 Å². The van der Waals surface area contributed by atoms with Crippen LogP contribution < -0.4 is 15.0 Å². The molecule has 9 heteroatoms. The summed E-state index contributed by atoms with van der Waals surface area (Å²) in [6.45, 7) is 2.50. The minimum absolute atomic E-state index is 0.188. The Balaban J connectivity index is 1.44. The van der Waals surface area contributed by atoms with Gasteiger partial charge in [0, 0.05) is 34.9 Å². The molecule has 2 aromatic carbocycles. The lowest BCUT2D eigenvalue weighted by atomic mass is 10.1. The summed E-state index contributed by atoms with van der Waals surface area (Å²) < 4.78 is 47.9. The first-order valence-corrected chi connectivity index (χ1v) is 10.2. The van der Waals surface area contributed by atoms with E-state index in [1.165, 1.54) is 24.4 Å². The average molecular weight is 449 g/mol. The van der Waals surface area contributed by atoms with Gasteiger partial charge in [-0.1, -0.05) is 0 Å². The van der Waals surface area contributed by atoms with Crippen LogP contribution in [0.2, 0.25) is 0 Å². The lowest BCUT2D eigenvalue weighted by Gasteiger charge is -2.30. The quantitative estimate of drug-likeness (QED) is 0.442. The molecule has 4 aromatic rings. The molecule has 33 heavy (non-hydrogen) atoms. The Morgan fingerprint density at radius 1 is 0.970 bits per heavy atom. The van der Waals surface area contributed by atoms with Crippen LogP contribution in [0.3, 0.4) is 0 Å². The number of pyridine rings is 1. The molecular formula is C24H18F3N5O. The highest BCUT2D eigenvalue weighted by atomic mass is 19.1. The number of hydrogen-bond donors (Lipinski definition) is 1. The van der Waals surface area contributed by atoms with E-state index in [0.29, 0.717) is 41.7 Å². The van der Waals surface area contributed by atoms with Gasteiger partial charge in [0.2, 0.25) is 5.95 Å². The number of hydrogen-bond acceptors (Lipinski definition) is 6. The molecule has 0 atom stereocenters. The fraction of sp³-hybridized carbons (Fsp3) is 0.125. The summed E-state index contributed by atoms with van der Waals surface area (Å²) in [7, 11) is 0. The molecule has 3 heterocycles. The summed E-state index contributed by atoms with van der Waals surface area (Å²) in [5, 5.41) is 2.97. The summed E-state index contributed by atoms with van der Waals surface area (Å²) in [5.41, 5.74) is 2.73. The summed E-state index contributed by atoms with van der Waals surface area (Å²) in [5.74, 6) is -0.869. The molecule has 1 aliphatic heterocycles. The Bertz CT molecular complexity index is 1330. The Morgan fingerprint density at radius 3 is 2.55 bits per heavy atom. The molecular weight excluding hydrogens is 431 g/mol. The van der Waals surface area contributed by atoms with Crippen LogP contribution in [-0.2, 0) is 0 Å². The Labute approximate surface area is 187 Å². The molecule has 0 saturated carbocycles. The van der Waals surface area contributed by atoms with E-state index < -0.39 is 17.5 Å². The standard InChI is InChI=1S/C24H18F3N5O/c1-14-8-15(4-5-28-14)20-3-2-18(12-21(20)27)30-24-29-13-22-23(31-24)32(6-7-33-22)19-10-16(25)9-17(26)11-19/h2-5,8-13H,6-7H2,1H3,(H,29,30,31). The van der Waals surface area contributed by atoms with Crippen molar-refractivity contribution in [3.63, 3.8) is 0 Å². The van der Waals surface area contributed by atoms with Crippen LogP contribution in [0.15, 0.2) is 60.9 Å². The highest BCUT2D eigenvalue weighted by molar-refractivity contribution is 5.70. The van der Waals surface area contributed by atoms with E-state index in [1.54, 1.807) is 29.3 Å². The second kappa shape index (κ2) is 8.42. The largest absolute Gasteiger partial charge is 0.486 e. The summed E-state index contributed by atoms with van der Waals surface area (Å²) in [4.78, 5) is 14.5. The molecule has 166 valence electrons. The average Bonchev–Trinajstić information content (AvgIpc) is 2.78. The number of benzene rings is 2. The van der Waals surface area contributed by atoms with Crippen molar-refractivity contribution < 1.29 is 17.9 Å². The summed E-state index contributed by atoms with van der Waals surface area (Å²) >= 11 is 0. The van der Waals surface area contributed by atoms with Crippen molar-refractivity contribution in [3.8, 4) is 16.9 Å². The number of nitrogens with one attached hydrogen (secondary N) is 1. The Morgan fingerprint density at radius 2 is 1.79 bits per heavy atom. The van der Waals surface area contributed by atoms with Crippen molar-refractivity contribution >= 4 is 23.1 Å². The highest BCUT2D eigenvalue weighted by Crippen LogP contribution is 2.36. The third kappa shape index (κ3) is 4.30. The predicted molar refractivity (Wildman–Crippen MR) is 119 cm³/mol. The fourth-order valence-electron chi connectivity index (χ4n) is 3.69. The molecule has 0 radical (unpaired) electrons. The van der Waals surface area contributed by atoms with Crippen LogP contribution in [0, 0.1) is 24.4 Å². The number of halogens is 3. The molecule has 0 saturated heterocycles. The first-order valence-electron chi connectivity index (χ1n) is 10.2. The zero-order valence-electron chi connectivity index (χ0n) is 17.5. The number of nitrogens with zero attached hydrogens (tertiary/aromatic N) is 4. The molecule has 0 unspecified atom stereocenters. The summed E-state index contributed by atoms with van der Waals surface area (Å²) in [6.07, 6.45) is 3.10. The number of ether oxygens (including phenoxy) is 1. The number of fused-ring (bicyclic) bond motifs is 1. The second-order valence-electron chi connectivity index (χ2n) is 7.51. The molecule has 0 bridgehead atoms. The van der Waals surface area contributed by atoms with E-state index in [4.69, 9.17) is 4.74 Å². The van der Waals surface area contributed by atoms with Crippen molar-refractivity contribution in [2.75, 3.05) is 23.4 Å². The Kier molecular flexibility index (Phi) is 5.29. The third-order valence-corrected chi connectivity index (χ3v) is 5.16. The maximum atomic E-state index is 14.8. The molecule has 5 rings (SSSR count). The minimum atomic E-state index is -0.689. The van der Waals surface area contributed by atoms with Crippen molar-refractivity contribution in [1.29, 1.82) is 0 Å². The summed E-state index contributed by atoms with van der Waals surface area (Å²) in [6, 6.07) is 11.5. The van der Waals surface area contributed by atoms with Gasteiger partial charge in [0.25, 0.3) is 0 Å². The van der Waals surface area contributed by atoms with E-state index in [9.17, 15) is 13.2 Å². The van der Waals surface area contributed by atoms with Crippen molar-refractivity contribution in [2.45, 2.75) is 6.92 Å². The normalized spacial score (nSPS) is 12.8. The van der Waals surface area contributed by atoms with Crippen molar-refractivity contribution in [3.05, 3.63) is 84.1 Å². The van der Waals surface area contributed by atoms with Gasteiger partial charge in [0.05, 0.1) is 12.7 Å². The van der Waals surface area contributed by atoms with Crippen molar-refractivity contribution in [2.24, 2.45) is 0 Å². The monoisotopic (exact) mass is 449 g/mol. The van der Waals surface area contributed by atoms with Gasteiger partial charge in [-0.25, -0.2) is 18.2 Å². The van der Waals surface area contributed by atoms with Crippen molar-refractivity contribution in [1.82, 2.24) is 15.0 Å². The lowest BCUT2D eigenvalue weighted by molar-refractivity contribution is 0.310. The zero-order valence-corrected chi connectivity index (χ0v) is 17.5. The smallest absolute Gasteiger partial charge is 0.229 e. The van der Waals surface area contributed by atoms with Gasteiger partial charge in [0.15, 0.2) is 11.6 Å². The van der Waals surface area contributed by atoms with Crippen LogP contribution in [0.4, 0.5) is 36.3 Å². The first kappa shape index (κ1) is 20.7. The van der Waals surface area contributed by atoms with Gasteiger partial charge in [-0.05, 0) is 55.0 Å². The highest BCUT2D eigenvalue weighted by Gasteiger charge is 2.23. The van der Waals surface area contributed by atoms with Gasteiger partial charge >= 0.3 is 0 Å². The third-order valence-electron chi connectivity index (χ3n) is 5.16. The molecule has 1 aliphatic rings. The van der Waals surface area contributed by atoms with Gasteiger partial charge < -0.3 is 15.0 Å². The topological polar surface area (TPSA) is 63.2 Å². The number of aromatic nitrogens is 3. The Hall–Kier alpha value is -4.14. The maximum Gasteiger partial charge on any atom is 0.229 e. The van der Waals surface area contributed by atoms with E-state index >= 15 is 0 Å². The number of aryl methyl sites for hydroxylation is 1.